The van der Waals surface area contributed by atoms with Crippen LogP contribution in [0.25, 0.3) is 11.4 Å². The predicted molar refractivity (Wildman–Crippen MR) is 96.5 cm³/mol. The van der Waals surface area contributed by atoms with Crippen molar-refractivity contribution in [3.63, 3.8) is 0 Å². The molecule has 2 N–H and O–H groups in total. The number of benzene rings is 2. The van der Waals surface area contributed by atoms with Crippen LogP contribution in [0.4, 0.5) is 0 Å². The van der Waals surface area contributed by atoms with Crippen LogP contribution in [0.2, 0.25) is 0 Å². The van der Waals surface area contributed by atoms with E-state index in [9.17, 15) is 0 Å². The molecule has 0 amide bonds. The monoisotopic (exact) mass is 334 g/mol. The van der Waals surface area contributed by atoms with E-state index in [-0.39, 0.29) is 6.04 Å². The van der Waals surface area contributed by atoms with Crippen LogP contribution in [-0.2, 0) is 13.1 Å². The molecule has 5 nitrogen and oxygen atoms in total. The smallest absolute Gasteiger partial charge is 0.244 e. The van der Waals surface area contributed by atoms with Crippen molar-refractivity contribution < 1.29 is 4.52 Å². The molecule has 0 radical (unpaired) electrons. The Kier molecular flexibility index (Phi) is 4.59. The standard InChI is InChI=1S/C20H22N4O/c21-13-15-8-10-17(11-9-15)19-22-20(25-23-19)18-7-4-12-24(18)14-16-5-2-1-3-6-16/h1-3,5-6,8-11,18H,4,7,12-14,21H2. The van der Waals surface area contributed by atoms with Crippen LogP contribution in [0.5, 0.6) is 0 Å². The van der Waals surface area contributed by atoms with Gasteiger partial charge in [0.25, 0.3) is 0 Å². The Morgan fingerprint density at radius 2 is 1.84 bits per heavy atom. The van der Waals surface area contributed by atoms with Gasteiger partial charge in [0.05, 0.1) is 6.04 Å². The molecule has 3 aromatic rings. The maximum atomic E-state index is 5.65. The van der Waals surface area contributed by atoms with Gasteiger partial charge in [0.2, 0.25) is 11.7 Å². The van der Waals surface area contributed by atoms with E-state index in [1.807, 2.05) is 30.3 Å². The number of rotatable bonds is 5. The molecular weight excluding hydrogens is 312 g/mol. The highest BCUT2D eigenvalue weighted by Crippen LogP contribution is 2.33. The number of likely N-dealkylation sites (tertiary alicyclic amines) is 1. The second-order valence-electron chi connectivity index (χ2n) is 6.47. The van der Waals surface area contributed by atoms with E-state index in [0.29, 0.717) is 18.3 Å². The molecule has 128 valence electrons. The molecule has 0 spiro atoms. The second kappa shape index (κ2) is 7.17. The maximum Gasteiger partial charge on any atom is 0.244 e. The topological polar surface area (TPSA) is 68.2 Å². The van der Waals surface area contributed by atoms with Crippen molar-refractivity contribution in [2.45, 2.75) is 32.0 Å². The fourth-order valence-corrected chi connectivity index (χ4v) is 3.39. The second-order valence-corrected chi connectivity index (χ2v) is 6.47. The highest BCUT2D eigenvalue weighted by atomic mass is 16.5. The van der Waals surface area contributed by atoms with E-state index < -0.39 is 0 Å². The van der Waals surface area contributed by atoms with E-state index in [1.54, 1.807) is 0 Å². The van der Waals surface area contributed by atoms with Crippen molar-refractivity contribution in [1.29, 1.82) is 0 Å². The summed E-state index contributed by atoms with van der Waals surface area (Å²) < 4.78 is 5.60. The van der Waals surface area contributed by atoms with Gasteiger partial charge in [-0.15, -0.1) is 0 Å². The Bertz CT molecular complexity index is 813. The van der Waals surface area contributed by atoms with Crippen molar-refractivity contribution in [1.82, 2.24) is 15.0 Å². The van der Waals surface area contributed by atoms with Gasteiger partial charge in [0, 0.05) is 18.7 Å². The lowest BCUT2D eigenvalue weighted by Crippen LogP contribution is -2.22. The summed E-state index contributed by atoms with van der Waals surface area (Å²) >= 11 is 0. The summed E-state index contributed by atoms with van der Waals surface area (Å²) in [7, 11) is 0. The van der Waals surface area contributed by atoms with Crippen LogP contribution in [-0.4, -0.2) is 21.6 Å². The maximum absolute atomic E-state index is 5.65. The average molecular weight is 334 g/mol. The van der Waals surface area contributed by atoms with E-state index in [1.165, 1.54) is 5.56 Å². The SMILES string of the molecule is NCc1ccc(-c2noc(C3CCCN3Cc3ccccc3)n2)cc1. The molecule has 1 aromatic heterocycles. The molecule has 1 atom stereocenters. The van der Waals surface area contributed by atoms with E-state index in [0.717, 1.165) is 37.1 Å². The first kappa shape index (κ1) is 16.0. The van der Waals surface area contributed by atoms with Gasteiger partial charge in [0.1, 0.15) is 0 Å². The third kappa shape index (κ3) is 3.48. The quantitative estimate of drug-likeness (QED) is 0.773. The average Bonchev–Trinajstić information content (AvgIpc) is 3.32. The van der Waals surface area contributed by atoms with Crippen LogP contribution < -0.4 is 5.73 Å². The number of nitrogens with two attached hydrogens (primary N) is 1. The number of hydrogen-bond donors (Lipinski definition) is 1. The van der Waals surface area contributed by atoms with Gasteiger partial charge < -0.3 is 10.3 Å². The van der Waals surface area contributed by atoms with Crippen LogP contribution in [0.3, 0.4) is 0 Å². The summed E-state index contributed by atoms with van der Waals surface area (Å²) in [6.07, 6.45) is 2.21. The van der Waals surface area contributed by atoms with Gasteiger partial charge in [-0.05, 0) is 30.5 Å². The van der Waals surface area contributed by atoms with Gasteiger partial charge >= 0.3 is 0 Å². The minimum absolute atomic E-state index is 0.199. The third-order valence-electron chi connectivity index (χ3n) is 4.77. The molecule has 0 saturated carbocycles. The van der Waals surface area contributed by atoms with Gasteiger partial charge in [-0.1, -0.05) is 59.8 Å². The number of nitrogens with zero attached hydrogens (tertiary/aromatic N) is 3. The van der Waals surface area contributed by atoms with Crippen molar-refractivity contribution in [2.24, 2.45) is 5.73 Å². The van der Waals surface area contributed by atoms with E-state index in [2.05, 4.69) is 39.3 Å². The minimum Gasteiger partial charge on any atom is -0.337 e. The summed E-state index contributed by atoms with van der Waals surface area (Å²) in [5.41, 5.74) is 9.01. The first-order chi connectivity index (χ1) is 12.3. The Hall–Kier alpha value is -2.50. The van der Waals surface area contributed by atoms with Crippen molar-refractivity contribution in [3.8, 4) is 11.4 Å². The number of hydrogen-bond acceptors (Lipinski definition) is 5. The zero-order chi connectivity index (χ0) is 17.1. The van der Waals surface area contributed by atoms with E-state index in [4.69, 9.17) is 10.3 Å². The summed E-state index contributed by atoms with van der Waals surface area (Å²) in [4.78, 5) is 7.08. The van der Waals surface area contributed by atoms with Crippen molar-refractivity contribution in [2.75, 3.05) is 6.54 Å². The summed E-state index contributed by atoms with van der Waals surface area (Å²) in [5, 5.41) is 4.18. The molecule has 1 fully saturated rings. The lowest BCUT2D eigenvalue weighted by molar-refractivity contribution is 0.201. The third-order valence-corrected chi connectivity index (χ3v) is 4.77. The Morgan fingerprint density at radius 1 is 1.04 bits per heavy atom. The summed E-state index contributed by atoms with van der Waals surface area (Å²) in [6.45, 7) is 2.51. The molecule has 1 aliphatic rings. The molecule has 25 heavy (non-hydrogen) atoms. The fourth-order valence-electron chi connectivity index (χ4n) is 3.39. The Morgan fingerprint density at radius 3 is 2.60 bits per heavy atom. The molecule has 1 saturated heterocycles. The minimum atomic E-state index is 0.199. The Labute approximate surface area is 147 Å². The first-order valence-electron chi connectivity index (χ1n) is 8.74. The first-order valence-corrected chi connectivity index (χ1v) is 8.74. The molecule has 1 unspecified atom stereocenters. The van der Waals surface area contributed by atoms with Crippen LogP contribution in [0.15, 0.2) is 59.1 Å². The lowest BCUT2D eigenvalue weighted by atomic mass is 10.1. The van der Waals surface area contributed by atoms with Crippen LogP contribution in [0, 0.1) is 0 Å². The van der Waals surface area contributed by atoms with Crippen molar-refractivity contribution >= 4 is 0 Å². The molecule has 0 bridgehead atoms. The zero-order valence-corrected chi connectivity index (χ0v) is 14.1. The van der Waals surface area contributed by atoms with Crippen molar-refractivity contribution in [3.05, 3.63) is 71.6 Å². The molecule has 1 aliphatic heterocycles. The summed E-state index contributed by atoms with van der Waals surface area (Å²) in [6, 6.07) is 18.7. The lowest BCUT2D eigenvalue weighted by Gasteiger charge is -2.21. The molecular formula is C20H22N4O. The van der Waals surface area contributed by atoms with Crippen LogP contribution >= 0.6 is 0 Å². The van der Waals surface area contributed by atoms with Gasteiger partial charge in [-0.25, -0.2) is 0 Å². The molecule has 2 heterocycles. The summed E-state index contributed by atoms with van der Waals surface area (Å²) in [5.74, 6) is 1.36. The largest absolute Gasteiger partial charge is 0.337 e. The van der Waals surface area contributed by atoms with Crippen LogP contribution in [0.1, 0.15) is 35.9 Å². The number of aromatic nitrogens is 2. The molecule has 4 rings (SSSR count). The highest BCUT2D eigenvalue weighted by Gasteiger charge is 2.30. The predicted octanol–water partition coefficient (Wildman–Crippen LogP) is 3.53. The molecule has 5 heteroatoms. The highest BCUT2D eigenvalue weighted by molar-refractivity contribution is 5.54. The normalized spacial score (nSPS) is 17.9. The molecule has 2 aromatic carbocycles. The van der Waals surface area contributed by atoms with Gasteiger partial charge in [-0.2, -0.15) is 4.98 Å². The zero-order valence-electron chi connectivity index (χ0n) is 14.1. The Balaban J connectivity index is 1.52. The molecule has 0 aliphatic carbocycles. The van der Waals surface area contributed by atoms with Gasteiger partial charge in [-0.3, -0.25) is 4.90 Å². The van der Waals surface area contributed by atoms with E-state index >= 15 is 0 Å². The van der Waals surface area contributed by atoms with Gasteiger partial charge in [0.15, 0.2) is 0 Å². The fraction of sp³-hybridized carbons (Fsp3) is 0.300.